The molecule has 0 N–H and O–H groups in total. The van der Waals surface area contributed by atoms with Crippen LogP contribution in [-0.2, 0) is 9.84 Å². The van der Waals surface area contributed by atoms with E-state index in [-0.39, 0.29) is 4.90 Å². The number of sulfone groups is 1. The van der Waals surface area contributed by atoms with Gasteiger partial charge in [-0.15, -0.1) is 0 Å². The zero-order valence-corrected chi connectivity index (χ0v) is 10.6. The molecular formula is C13H14O3S. The monoisotopic (exact) mass is 250 g/mol. The Morgan fingerprint density at radius 2 is 1.65 bits per heavy atom. The Kier molecular flexibility index (Phi) is 3.07. The number of rotatable bonds is 3. The lowest BCUT2D eigenvalue weighted by molar-refractivity contribution is 0.556. The molecular weight excluding hydrogens is 236 g/mol. The molecule has 0 atom stereocenters. The van der Waals surface area contributed by atoms with Crippen LogP contribution in [0.1, 0.15) is 25.3 Å². The summed E-state index contributed by atoms with van der Waals surface area (Å²) in [4.78, 5) is 0.484. The summed E-state index contributed by atoms with van der Waals surface area (Å²) in [5.74, 6) is 0.390. The van der Waals surface area contributed by atoms with Crippen molar-refractivity contribution in [3.8, 4) is 0 Å². The first-order chi connectivity index (χ1) is 8.01. The highest BCUT2D eigenvalue weighted by Crippen LogP contribution is 2.23. The molecule has 90 valence electrons. The third kappa shape index (κ3) is 2.26. The molecule has 0 aliphatic heterocycles. The number of hydrogen-bond acceptors (Lipinski definition) is 3. The Bertz CT molecular complexity index is 578. The van der Waals surface area contributed by atoms with E-state index in [1.807, 2.05) is 12.1 Å². The summed E-state index contributed by atoms with van der Waals surface area (Å²) < 4.78 is 29.0. The fourth-order valence-corrected chi connectivity index (χ4v) is 2.76. The lowest BCUT2D eigenvalue weighted by atomic mass is 10.0. The Hall–Kier alpha value is -1.55. The quantitative estimate of drug-likeness (QED) is 0.840. The molecule has 2 rings (SSSR count). The molecule has 0 amide bonds. The van der Waals surface area contributed by atoms with E-state index in [2.05, 4.69) is 13.8 Å². The molecule has 0 saturated carbocycles. The third-order valence-corrected chi connectivity index (χ3v) is 4.41. The minimum absolute atomic E-state index is 0.190. The van der Waals surface area contributed by atoms with Crippen molar-refractivity contribution < 1.29 is 12.8 Å². The summed E-state index contributed by atoms with van der Waals surface area (Å²) >= 11 is 0. The highest BCUT2D eigenvalue weighted by Gasteiger charge is 2.18. The fourth-order valence-electron chi connectivity index (χ4n) is 1.57. The summed E-state index contributed by atoms with van der Waals surface area (Å²) in [7, 11) is -3.43. The van der Waals surface area contributed by atoms with Crippen molar-refractivity contribution in [1.82, 2.24) is 0 Å². The number of benzene rings is 1. The topological polar surface area (TPSA) is 47.3 Å². The standard InChI is InChI=1S/C13H14O3S/c1-10(2)11-3-5-12(6-4-11)17(14,15)13-7-8-16-9-13/h3-10H,1-2H3. The van der Waals surface area contributed by atoms with Crippen molar-refractivity contribution in [1.29, 1.82) is 0 Å². The zero-order valence-electron chi connectivity index (χ0n) is 9.75. The molecule has 1 aromatic heterocycles. The second-order valence-electron chi connectivity index (χ2n) is 4.19. The van der Waals surface area contributed by atoms with Crippen LogP contribution in [0.5, 0.6) is 0 Å². The molecule has 0 bridgehead atoms. The molecule has 2 aromatic rings. The Balaban J connectivity index is 2.42. The molecule has 17 heavy (non-hydrogen) atoms. The number of hydrogen-bond donors (Lipinski definition) is 0. The third-order valence-electron chi connectivity index (χ3n) is 2.66. The van der Waals surface area contributed by atoms with Crippen molar-refractivity contribution in [2.24, 2.45) is 0 Å². The van der Waals surface area contributed by atoms with Gasteiger partial charge in [-0.25, -0.2) is 8.42 Å². The normalized spacial score (nSPS) is 11.9. The lowest BCUT2D eigenvalue weighted by Crippen LogP contribution is -2.00. The van der Waals surface area contributed by atoms with Gasteiger partial charge in [0.25, 0.3) is 0 Å². The molecule has 0 fully saturated rings. The molecule has 4 heteroatoms. The Morgan fingerprint density at radius 1 is 1.00 bits per heavy atom. The largest absolute Gasteiger partial charge is 0.471 e. The molecule has 0 unspecified atom stereocenters. The predicted octanol–water partition coefficient (Wildman–Crippen LogP) is 3.24. The molecule has 1 aromatic carbocycles. The molecule has 0 spiro atoms. The van der Waals surface area contributed by atoms with Crippen molar-refractivity contribution in [3.63, 3.8) is 0 Å². The van der Waals surface area contributed by atoms with Gasteiger partial charge in [-0.05, 0) is 29.7 Å². The van der Waals surface area contributed by atoms with Crippen LogP contribution < -0.4 is 0 Å². The minimum Gasteiger partial charge on any atom is -0.471 e. The second kappa shape index (κ2) is 4.37. The first-order valence-electron chi connectivity index (χ1n) is 5.39. The maximum Gasteiger partial charge on any atom is 0.209 e. The van der Waals surface area contributed by atoms with Crippen molar-refractivity contribution in [3.05, 3.63) is 48.4 Å². The average Bonchev–Trinajstić information content (AvgIpc) is 2.83. The fraction of sp³-hybridized carbons (Fsp3) is 0.231. The van der Waals surface area contributed by atoms with Gasteiger partial charge in [-0.2, -0.15) is 0 Å². The highest BCUT2D eigenvalue weighted by atomic mass is 32.2. The average molecular weight is 250 g/mol. The van der Waals surface area contributed by atoms with Crippen LogP contribution in [0.15, 0.2) is 57.1 Å². The maximum absolute atomic E-state index is 12.1. The molecule has 0 aliphatic carbocycles. The lowest BCUT2D eigenvalue weighted by Gasteiger charge is -2.06. The zero-order chi connectivity index (χ0) is 12.5. The summed E-state index contributed by atoms with van der Waals surface area (Å²) in [5.41, 5.74) is 1.12. The van der Waals surface area contributed by atoms with Crippen LogP contribution in [0.25, 0.3) is 0 Å². The van der Waals surface area contributed by atoms with Gasteiger partial charge in [0.2, 0.25) is 9.84 Å². The molecule has 0 radical (unpaired) electrons. The van der Waals surface area contributed by atoms with Crippen molar-refractivity contribution in [2.75, 3.05) is 0 Å². The minimum atomic E-state index is -3.43. The van der Waals surface area contributed by atoms with Gasteiger partial charge in [-0.1, -0.05) is 26.0 Å². The van der Waals surface area contributed by atoms with Crippen LogP contribution in [-0.4, -0.2) is 8.42 Å². The van der Waals surface area contributed by atoms with Crippen LogP contribution in [0.4, 0.5) is 0 Å². The van der Waals surface area contributed by atoms with E-state index in [1.54, 1.807) is 12.1 Å². The van der Waals surface area contributed by atoms with E-state index >= 15 is 0 Å². The van der Waals surface area contributed by atoms with E-state index in [4.69, 9.17) is 4.42 Å². The molecule has 0 saturated heterocycles. The van der Waals surface area contributed by atoms with Gasteiger partial charge in [-0.3, -0.25) is 0 Å². The molecule has 1 heterocycles. The first kappa shape index (κ1) is 11.9. The van der Waals surface area contributed by atoms with Gasteiger partial charge in [0.1, 0.15) is 11.2 Å². The van der Waals surface area contributed by atoms with Crippen LogP contribution in [0.3, 0.4) is 0 Å². The Morgan fingerprint density at radius 3 is 2.12 bits per heavy atom. The van der Waals surface area contributed by atoms with E-state index in [1.165, 1.54) is 18.6 Å². The molecule has 0 aliphatic rings. The van der Waals surface area contributed by atoms with E-state index in [0.29, 0.717) is 10.8 Å². The number of furan rings is 1. The van der Waals surface area contributed by atoms with Gasteiger partial charge >= 0.3 is 0 Å². The van der Waals surface area contributed by atoms with Crippen LogP contribution >= 0.6 is 0 Å². The van der Waals surface area contributed by atoms with E-state index in [9.17, 15) is 8.42 Å². The summed E-state index contributed by atoms with van der Waals surface area (Å²) in [6, 6.07) is 8.41. The van der Waals surface area contributed by atoms with Gasteiger partial charge in [0.15, 0.2) is 0 Å². The van der Waals surface area contributed by atoms with Crippen molar-refractivity contribution >= 4 is 9.84 Å². The Labute approximate surface area is 101 Å². The smallest absolute Gasteiger partial charge is 0.209 e. The van der Waals surface area contributed by atoms with E-state index in [0.717, 1.165) is 5.56 Å². The van der Waals surface area contributed by atoms with E-state index < -0.39 is 9.84 Å². The SMILES string of the molecule is CC(C)c1ccc(S(=O)(=O)c2ccoc2)cc1. The second-order valence-corrected chi connectivity index (χ2v) is 6.14. The summed E-state index contributed by atoms with van der Waals surface area (Å²) in [6.07, 6.45) is 2.60. The first-order valence-corrected chi connectivity index (χ1v) is 6.87. The van der Waals surface area contributed by atoms with Gasteiger partial charge < -0.3 is 4.42 Å². The van der Waals surface area contributed by atoms with Crippen LogP contribution in [0.2, 0.25) is 0 Å². The van der Waals surface area contributed by atoms with Gasteiger partial charge in [0, 0.05) is 0 Å². The van der Waals surface area contributed by atoms with Gasteiger partial charge in [0.05, 0.1) is 11.2 Å². The maximum atomic E-state index is 12.1. The molecule has 3 nitrogen and oxygen atoms in total. The summed E-state index contributed by atoms with van der Waals surface area (Å²) in [6.45, 7) is 4.14. The predicted molar refractivity (Wildman–Crippen MR) is 64.7 cm³/mol. The van der Waals surface area contributed by atoms with Crippen molar-refractivity contribution in [2.45, 2.75) is 29.6 Å². The van der Waals surface area contributed by atoms with Crippen LogP contribution in [0, 0.1) is 0 Å². The highest BCUT2D eigenvalue weighted by molar-refractivity contribution is 7.91. The summed E-state index contributed by atoms with van der Waals surface area (Å²) in [5, 5.41) is 0.